The van der Waals surface area contributed by atoms with Gasteiger partial charge < -0.3 is 15.7 Å². The number of carbonyl (C=O) groups is 2. The van der Waals surface area contributed by atoms with Crippen LogP contribution in [-0.4, -0.2) is 23.7 Å². The Bertz CT molecular complexity index is 510. The highest BCUT2D eigenvalue weighted by Gasteiger charge is 2.11. The van der Waals surface area contributed by atoms with E-state index >= 15 is 0 Å². The lowest BCUT2D eigenvalue weighted by molar-refractivity contribution is 0.0697. The van der Waals surface area contributed by atoms with Crippen molar-refractivity contribution in [3.8, 4) is 0 Å². The highest BCUT2D eigenvalue weighted by Crippen LogP contribution is 2.20. The Morgan fingerprint density at radius 1 is 1.25 bits per heavy atom. The fourth-order valence-electron chi connectivity index (χ4n) is 1.51. The number of aromatic carboxylic acids is 1. The molecule has 0 aliphatic heterocycles. The second-order valence-electron chi connectivity index (χ2n) is 5.73. The molecule has 3 N–H and O–H groups in total. The van der Waals surface area contributed by atoms with E-state index in [9.17, 15) is 9.59 Å². The Morgan fingerprint density at radius 2 is 1.90 bits per heavy atom. The van der Waals surface area contributed by atoms with Crippen LogP contribution in [0.5, 0.6) is 0 Å². The van der Waals surface area contributed by atoms with E-state index in [4.69, 9.17) is 5.11 Å². The number of hydrogen-bond acceptors (Lipinski definition) is 2. The van der Waals surface area contributed by atoms with Crippen molar-refractivity contribution < 1.29 is 14.7 Å². The first-order valence-electron chi connectivity index (χ1n) is 6.26. The van der Waals surface area contributed by atoms with Crippen molar-refractivity contribution in [2.45, 2.75) is 27.2 Å². The zero-order chi connectivity index (χ0) is 15.3. The number of hydrogen-bond donors (Lipinski definition) is 3. The highest BCUT2D eigenvalue weighted by atomic mass is 79.9. The van der Waals surface area contributed by atoms with Gasteiger partial charge in [0.1, 0.15) is 0 Å². The van der Waals surface area contributed by atoms with Gasteiger partial charge in [-0.1, -0.05) is 36.7 Å². The van der Waals surface area contributed by atoms with Crippen LogP contribution in [0.4, 0.5) is 10.5 Å². The molecular weight excluding hydrogens is 324 g/mol. The van der Waals surface area contributed by atoms with Crippen molar-refractivity contribution in [1.82, 2.24) is 5.32 Å². The van der Waals surface area contributed by atoms with Gasteiger partial charge in [-0.3, -0.25) is 0 Å². The Morgan fingerprint density at radius 3 is 2.45 bits per heavy atom. The van der Waals surface area contributed by atoms with Gasteiger partial charge in [-0.2, -0.15) is 0 Å². The predicted molar refractivity (Wildman–Crippen MR) is 82.2 cm³/mol. The summed E-state index contributed by atoms with van der Waals surface area (Å²) in [6.07, 6.45) is 0.860. The molecule has 1 rings (SSSR count). The molecule has 0 saturated heterocycles. The van der Waals surface area contributed by atoms with E-state index in [0.717, 1.165) is 6.42 Å². The number of anilines is 1. The monoisotopic (exact) mass is 342 g/mol. The second-order valence-corrected chi connectivity index (χ2v) is 6.64. The van der Waals surface area contributed by atoms with Crippen molar-refractivity contribution >= 4 is 33.6 Å². The first kappa shape index (κ1) is 16.5. The van der Waals surface area contributed by atoms with Crippen molar-refractivity contribution in [1.29, 1.82) is 0 Å². The molecular formula is C14H19BrN2O3. The van der Waals surface area contributed by atoms with Crippen LogP contribution in [-0.2, 0) is 0 Å². The molecule has 6 heteroatoms. The number of nitrogens with one attached hydrogen (secondary N) is 2. The van der Waals surface area contributed by atoms with Crippen LogP contribution < -0.4 is 10.6 Å². The van der Waals surface area contributed by atoms with Crippen LogP contribution in [0.3, 0.4) is 0 Å². The smallest absolute Gasteiger partial charge is 0.335 e. The number of halogens is 1. The maximum Gasteiger partial charge on any atom is 0.335 e. The number of urea groups is 1. The minimum Gasteiger partial charge on any atom is -0.478 e. The lowest BCUT2D eigenvalue weighted by Crippen LogP contribution is -2.31. The van der Waals surface area contributed by atoms with Crippen LogP contribution in [0.15, 0.2) is 22.7 Å². The lowest BCUT2D eigenvalue weighted by Gasteiger charge is -2.18. The number of carbonyl (C=O) groups excluding carboxylic acids is 1. The summed E-state index contributed by atoms with van der Waals surface area (Å²) in [6, 6.07) is 4.20. The molecule has 0 aliphatic carbocycles. The van der Waals surface area contributed by atoms with E-state index < -0.39 is 5.97 Å². The number of rotatable bonds is 4. The Balaban J connectivity index is 2.60. The third-order valence-electron chi connectivity index (χ3n) is 2.56. The number of benzene rings is 1. The maximum absolute atomic E-state index is 11.7. The standard InChI is InChI=1S/C14H19BrN2O3/c1-14(2,3)4-5-16-13(20)17-11-7-9(12(18)19)6-10(15)8-11/h6-8H,4-5H2,1-3H3,(H,18,19)(H2,16,17,20). The van der Waals surface area contributed by atoms with Gasteiger partial charge in [0, 0.05) is 16.7 Å². The Kier molecular flexibility index (Phi) is 5.56. The van der Waals surface area contributed by atoms with Gasteiger partial charge in [0.05, 0.1) is 5.56 Å². The minimum atomic E-state index is -1.04. The summed E-state index contributed by atoms with van der Waals surface area (Å²) in [5.74, 6) is -1.04. The molecule has 0 fully saturated rings. The second kappa shape index (κ2) is 6.74. The van der Waals surface area contributed by atoms with Crippen LogP contribution in [0.2, 0.25) is 0 Å². The fourth-order valence-corrected chi connectivity index (χ4v) is 2.00. The molecule has 0 saturated carbocycles. The zero-order valence-electron chi connectivity index (χ0n) is 11.8. The third kappa shape index (κ3) is 6.06. The number of carboxylic acids is 1. The molecule has 0 bridgehead atoms. The molecule has 0 aliphatic rings. The minimum absolute atomic E-state index is 0.115. The van der Waals surface area contributed by atoms with E-state index in [-0.39, 0.29) is 17.0 Å². The average molecular weight is 343 g/mol. The molecule has 1 aromatic rings. The molecule has 0 radical (unpaired) electrons. The summed E-state index contributed by atoms with van der Waals surface area (Å²) in [4.78, 5) is 22.6. The lowest BCUT2D eigenvalue weighted by atomic mass is 9.92. The number of carboxylic acid groups (broad SMARTS) is 1. The molecule has 20 heavy (non-hydrogen) atoms. The summed E-state index contributed by atoms with van der Waals surface area (Å²) in [7, 11) is 0. The van der Waals surface area contributed by atoms with E-state index in [0.29, 0.717) is 16.7 Å². The Hall–Kier alpha value is -1.56. The van der Waals surface area contributed by atoms with Crippen LogP contribution >= 0.6 is 15.9 Å². The molecule has 2 amide bonds. The normalized spacial score (nSPS) is 11.0. The topological polar surface area (TPSA) is 78.4 Å². The van der Waals surface area contributed by atoms with Crippen molar-refractivity contribution in [2.24, 2.45) is 5.41 Å². The maximum atomic E-state index is 11.7. The predicted octanol–water partition coefficient (Wildman–Crippen LogP) is 3.71. The van der Waals surface area contributed by atoms with Gasteiger partial charge in [-0.25, -0.2) is 9.59 Å². The van der Waals surface area contributed by atoms with Gasteiger partial charge >= 0.3 is 12.0 Å². The van der Waals surface area contributed by atoms with Crippen molar-refractivity contribution in [3.05, 3.63) is 28.2 Å². The molecule has 5 nitrogen and oxygen atoms in total. The first-order chi connectivity index (χ1) is 9.17. The SMILES string of the molecule is CC(C)(C)CCNC(=O)Nc1cc(Br)cc(C(=O)O)c1. The summed E-state index contributed by atoms with van der Waals surface area (Å²) >= 11 is 3.21. The van der Waals surface area contributed by atoms with Crippen LogP contribution in [0.1, 0.15) is 37.6 Å². The van der Waals surface area contributed by atoms with E-state index in [2.05, 4.69) is 47.3 Å². The summed E-state index contributed by atoms with van der Waals surface area (Å²) < 4.78 is 0.599. The van der Waals surface area contributed by atoms with E-state index in [1.807, 2.05) is 0 Å². The van der Waals surface area contributed by atoms with E-state index in [1.54, 1.807) is 6.07 Å². The van der Waals surface area contributed by atoms with Gasteiger partial charge in [-0.05, 0) is 30.0 Å². The quantitative estimate of drug-likeness (QED) is 0.780. The summed E-state index contributed by atoms with van der Waals surface area (Å²) in [5.41, 5.74) is 0.703. The molecule has 0 unspecified atom stereocenters. The summed E-state index contributed by atoms with van der Waals surface area (Å²) in [5, 5.41) is 14.3. The highest BCUT2D eigenvalue weighted by molar-refractivity contribution is 9.10. The third-order valence-corrected chi connectivity index (χ3v) is 3.02. The summed E-state index contributed by atoms with van der Waals surface area (Å²) in [6.45, 7) is 6.86. The zero-order valence-corrected chi connectivity index (χ0v) is 13.4. The molecule has 0 aromatic heterocycles. The van der Waals surface area contributed by atoms with Gasteiger partial charge in [0.25, 0.3) is 0 Å². The van der Waals surface area contributed by atoms with Crippen LogP contribution in [0, 0.1) is 5.41 Å². The van der Waals surface area contributed by atoms with E-state index in [1.165, 1.54) is 12.1 Å². The van der Waals surface area contributed by atoms with Crippen molar-refractivity contribution in [3.63, 3.8) is 0 Å². The first-order valence-corrected chi connectivity index (χ1v) is 7.05. The molecule has 0 heterocycles. The number of amides is 2. The Labute approximate surface area is 126 Å². The molecule has 110 valence electrons. The fraction of sp³-hybridized carbons (Fsp3) is 0.429. The largest absolute Gasteiger partial charge is 0.478 e. The van der Waals surface area contributed by atoms with Gasteiger partial charge in [0.2, 0.25) is 0 Å². The molecule has 0 atom stereocenters. The van der Waals surface area contributed by atoms with Gasteiger partial charge in [-0.15, -0.1) is 0 Å². The molecule has 1 aromatic carbocycles. The molecule has 0 spiro atoms. The average Bonchev–Trinajstić information content (AvgIpc) is 2.25. The van der Waals surface area contributed by atoms with Crippen LogP contribution in [0.25, 0.3) is 0 Å². The van der Waals surface area contributed by atoms with Gasteiger partial charge in [0.15, 0.2) is 0 Å². The van der Waals surface area contributed by atoms with Crippen molar-refractivity contribution in [2.75, 3.05) is 11.9 Å².